The molecular formula is C23H26Cl2O2S. The van der Waals surface area contributed by atoms with E-state index < -0.39 is 0 Å². The second kappa shape index (κ2) is 12.2. The monoisotopic (exact) mass is 436 g/mol. The lowest BCUT2D eigenvalue weighted by atomic mass is 10.0. The molecule has 0 saturated carbocycles. The number of rotatable bonds is 8. The van der Waals surface area contributed by atoms with Gasteiger partial charge in [-0.2, -0.15) is 0 Å². The third kappa shape index (κ3) is 6.59. The molecule has 0 atom stereocenters. The Morgan fingerprint density at radius 2 is 1.82 bits per heavy atom. The van der Waals surface area contributed by atoms with E-state index in [-0.39, 0.29) is 0 Å². The molecule has 0 radical (unpaired) electrons. The number of hydrogen-bond acceptors (Lipinski definition) is 3. The van der Waals surface area contributed by atoms with Gasteiger partial charge in [-0.15, -0.1) is 11.3 Å². The summed E-state index contributed by atoms with van der Waals surface area (Å²) in [4.78, 5) is 11.8. The van der Waals surface area contributed by atoms with Crippen molar-refractivity contribution in [1.82, 2.24) is 0 Å². The Morgan fingerprint density at radius 1 is 1.11 bits per heavy atom. The third-order valence-electron chi connectivity index (χ3n) is 4.34. The number of carbonyl (C=O) groups is 1. The minimum absolute atomic E-state index is 0.568. The lowest BCUT2D eigenvalue weighted by molar-refractivity contribution is -0.107. The van der Waals surface area contributed by atoms with E-state index in [0.717, 1.165) is 24.9 Å². The van der Waals surface area contributed by atoms with Gasteiger partial charge < -0.3 is 9.53 Å². The normalized spacial score (nSPS) is 10.6. The molecule has 0 N–H and O–H groups in total. The lowest BCUT2D eigenvalue weighted by Crippen LogP contribution is -1.91. The zero-order valence-electron chi connectivity index (χ0n) is 16.3. The Labute approximate surface area is 181 Å². The Hall–Kier alpha value is -1.39. The molecule has 1 aromatic heterocycles. The second-order valence-electron chi connectivity index (χ2n) is 6.47. The van der Waals surface area contributed by atoms with E-state index in [0.29, 0.717) is 22.9 Å². The summed E-state index contributed by atoms with van der Waals surface area (Å²) >= 11 is 14.3. The molecule has 2 aromatic carbocycles. The van der Waals surface area contributed by atoms with Crippen LogP contribution in [0.3, 0.4) is 0 Å². The number of hydrogen-bond donors (Lipinski definition) is 0. The number of aldehydes is 1. The highest BCUT2D eigenvalue weighted by Gasteiger charge is 2.11. The maximum absolute atomic E-state index is 10.6. The van der Waals surface area contributed by atoms with Gasteiger partial charge in [-0.3, -0.25) is 0 Å². The van der Waals surface area contributed by atoms with Crippen molar-refractivity contribution < 1.29 is 9.53 Å². The summed E-state index contributed by atoms with van der Waals surface area (Å²) in [6.45, 7) is 3.07. The molecule has 0 aliphatic heterocycles. The number of halogens is 2. The number of methoxy groups -OCH3 is 1. The quantitative estimate of drug-likeness (QED) is 0.272. The molecule has 0 aliphatic carbocycles. The molecule has 28 heavy (non-hydrogen) atoms. The SMILES string of the molecule is CCCCOC.O=CCCc1cc2c(Cc3c(Cl)cccc3Cl)cccc2s1. The maximum Gasteiger partial charge on any atom is 0.120 e. The van der Waals surface area contributed by atoms with Crippen molar-refractivity contribution in [2.24, 2.45) is 0 Å². The predicted octanol–water partition coefficient (Wildman–Crippen LogP) is 7.36. The molecule has 0 bridgehead atoms. The average Bonchev–Trinajstić information content (AvgIpc) is 3.12. The van der Waals surface area contributed by atoms with Gasteiger partial charge in [0.15, 0.2) is 0 Å². The summed E-state index contributed by atoms with van der Waals surface area (Å²) in [7, 11) is 1.73. The first-order chi connectivity index (χ1) is 13.6. The van der Waals surface area contributed by atoms with Crippen molar-refractivity contribution >= 4 is 50.9 Å². The summed E-state index contributed by atoms with van der Waals surface area (Å²) in [6, 6.07) is 14.1. The highest BCUT2D eigenvalue weighted by molar-refractivity contribution is 7.19. The molecule has 3 aromatic rings. The zero-order chi connectivity index (χ0) is 20.4. The summed E-state index contributed by atoms with van der Waals surface area (Å²) in [5, 5.41) is 2.62. The highest BCUT2D eigenvalue weighted by atomic mass is 35.5. The van der Waals surface area contributed by atoms with Crippen LogP contribution < -0.4 is 0 Å². The van der Waals surface area contributed by atoms with Crippen LogP contribution >= 0.6 is 34.5 Å². The smallest absolute Gasteiger partial charge is 0.120 e. The molecule has 3 rings (SSSR count). The van der Waals surface area contributed by atoms with Gasteiger partial charge in [0.05, 0.1) is 0 Å². The van der Waals surface area contributed by atoms with Crippen LogP contribution in [0.1, 0.15) is 42.2 Å². The number of ether oxygens (including phenoxy) is 1. The topological polar surface area (TPSA) is 26.3 Å². The van der Waals surface area contributed by atoms with E-state index in [4.69, 9.17) is 27.9 Å². The van der Waals surface area contributed by atoms with Crippen molar-refractivity contribution in [1.29, 1.82) is 0 Å². The van der Waals surface area contributed by atoms with Gasteiger partial charge in [-0.25, -0.2) is 0 Å². The molecule has 0 fully saturated rings. The van der Waals surface area contributed by atoms with Crippen LogP contribution in [0.5, 0.6) is 0 Å². The van der Waals surface area contributed by atoms with E-state index in [1.54, 1.807) is 18.4 Å². The number of aryl methyl sites for hydroxylation is 1. The standard InChI is InChI=1S/C18H14Cl2OS.C5H12O/c19-16-6-2-7-17(20)15(16)10-12-4-1-8-18-14(12)11-13(22-18)5-3-9-21;1-3-4-5-6-2/h1-2,4,6-9,11H,3,5,10H2;3-5H2,1-2H3. The van der Waals surface area contributed by atoms with Crippen LogP contribution in [-0.2, 0) is 22.4 Å². The van der Waals surface area contributed by atoms with Crippen LogP contribution in [0.25, 0.3) is 10.1 Å². The molecule has 5 heteroatoms. The second-order valence-corrected chi connectivity index (χ2v) is 8.45. The first-order valence-electron chi connectivity index (χ1n) is 9.46. The molecule has 0 amide bonds. The summed E-state index contributed by atoms with van der Waals surface area (Å²) in [5.74, 6) is 0. The summed E-state index contributed by atoms with van der Waals surface area (Å²) < 4.78 is 6.02. The van der Waals surface area contributed by atoms with E-state index in [9.17, 15) is 4.79 Å². The highest BCUT2D eigenvalue weighted by Crippen LogP contribution is 2.33. The van der Waals surface area contributed by atoms with Gasteiger partial charge in [0.25, 0.3) is 0 Å². The number of thiophene rings is 1. The van der Waals surface area contributed by atoms with Gasteiger partial charge in [0, 0.05) is 46.2 Å². The minimum Gasteiger partial charge on any atom is -0.385 e. The molecule has 0 unspecified atom stereocenters. The molecule has 0 aliphatic rings. The van der Waals surface area contributed by atoms with Gasteiger partial charge in [-0.1, -0.05) is 54.7 Å². The van der Waals surface area contributed by atoms with E-state index in [1.165, 1.54) is 33.4 Å². The van der Waals surface area contributed by atoms with Crippen molar-refractivity contribution in [2.45, 2.75) is 39.0 Å². The van der Waals surface area contributed by atoms with Crippen LogP contribution in [0, 0.1) is 0 Å². The Balaban J connectivity index is 0.000000409. The Kier molecular flexibility index (Phi) is 10.0. The third-order valence-corrected chi connectivity index (χ3v) is 6.21. The summed E-state index contributed by atoms with van der Waals surface area (Å²) in [5.41, 5.74) is 2.17. The van der Waals surface area contributed by atoms with Gasteiger partial charge in [0.2, 0.25) is 0 Å². The number of carbonyl (C=O) groups excluding carboxylic acids is 1. The number of unbranched alkanes of at least 4 members (excludes halogenated alkanes) is 1. The van der Waals surface area contributed by atoms with Crippen molar-refractivity contribution in [3.05, 3.63) is 68.5 Å². The van der Waals surface area contributed by atoms with E-state index in [2.05, 4.69) is 31.2 Å². The molecule has 2 nitrogen and oxygen atoms in total. The molecular weight excluding hydrogens is 411 g/mol. The Bertz CT molecular complexity index is 865. The summed E-state index contributed by atoms with van der Waals surface area (Å²) in [6.07, 6.45) is 5.46. The first kappa shape index (κ1) is 22.9. The number of fused-ring (bicyclic) bond motifs is 1. The van der Waals surface area contributed by atoms with Crippen molar-refractivity contribution in [3.63, 3.8) is 0 Å². The fourth-order valence-electron chi connectivity index (χ4n) is 2.83. The Morgan fingerprint density at radius 3 is 2.43 bits per heavy atom. The van der Waals surface area contributed by atoms with E-state index >= 15 is 0 Å². The lowest BCUT2D eigenvalue weighted by Gasteiger charge is -2.08. The van der Waals surface area contributed by atoms with Crippen LogP contribution in [0.4, 0.5) is 0 Å². The van der Waals surface area contributed by atoms with Crippen LogP contribution in [0.15, 0.2) is 42.5 Å². The zero-order valence-corrected chi connectivity index (χ0v) is 18.7. The molecule has 150 valence electrons. The van der Waals surface area contributed by atoms with Crippen LogP contribution in [-0.4, -0.2) is 20.0 Å². The minimum atomic E-state index is 0.568. The fourth-order valence-corrected chi connectivity index (χ4v) is 4.49. The van der Waals surface area contributed by atoms with Gasteiger partial charge >= 0.3 is 0 Å². The first-order valence-corrected chi connectivity index (χ1v) is 11.0. The molecule has 0 spiro atoms. The van der Waals surface area contributed by atoms with Crippen LogP contribution in [0.2, 0.25) is 10.0 Å². The van der Waals surface area contributed by atoms with Crippen molar-refractivity contribution in [3.8, 4) is 0 Å². The average molecular weight is 437 g/mol. The largest absolute Gasteiger partial charge is 0.385 e. The maximum atomic E-state index is 10.6. The number of benzene rings is 2. The molecule has 0 saturated heterocycles. The van der Waals surface area contributed by atoms with E-state index in [1.807, 2.05) is 18.2 Å². The predicted molar refractivity (Wildman–Crippen MR) is 122 cm³/mol. The fraction of sp³-hybridized carbons (Fsp3) is 0.348. The van der Waals surface area contributed by atoms with Gasteiger partial charge in [-0.05, 0) is 53.6 Å². The van der Waals surface area contributed by atoms with Gasteiger partial charge in [0.1, 0.15) is 6.29 Å². The molecule has 1 heterocycles. The van der Waals surface area contributed by atoms with Crippen molar-refractivity contribution in [2.75, 3.05) is 13.7 Å².